The predicted octanol–water partition coefficient (Wildman–Crippen LogP) is 3.90. The molecule has 0 aliphatic carbocycles. The molecule has 0 saturated heterocycles. The van der Waals surface area contributed by atoms with Gasteiger partial charge < -0.3 is 10.5 Å². The Hall–Kier alpha value is -1.77. The van der Waals surface area contributed by atoms with Crippen LogP contribution in [0.2, 0.25) is 0 Å². The molecule has 0 amide bonds. The van der Waals surface area contributed by atoms with Crippen LogP contribution in [0.3, 0.4) is 0 Å². The first kappa shape index (κ1) is 17.2. The van der Waals surface area contributed by atoms with Gasteiger partial charge in [0.05, 0.1) is 5.41 Å². The van der Waals surface area contributed by atoms with Crippen LogP contribution in [-0.4, -0.2) is 12.6 Å². The van der Waals surface area contributed by atoms with Crippen molar-refractivity contribution in [3.8, 4) is 0 Å². The van der Waals surface area contributed by atoms with Crippen LogP contribution in [0.25, 0.3) is 6.08 Å². The molecule has 0 spiro atoms. The van der Waals surface area contributed by atoms with Crippen LogP contribution in [0.1, 0.15) is 40.2 Å². The summed E-state index contributed by atoms with van der Waals surface area (Å²) in [7, 11) is 0. The van der Waals surface area contributed by atoms with Crippen molar-refractivity contribution in [3.63, 3.8) is 0 Å². The molecule has 19 heavy (non-hydrogen) atoms. The van der Waals surface area contributed by atoms with Gasteiger partial charge in [-0.2, -0.15) is 0 Å². The summed E-state index contributed by atoms with van der Waals surface area (Å²) in [5, 5.41) is 0. The lowest BCUT2D eigenvalue weighted by Crippen LogP contribution is -2.22. The summed E-state index contributed by atoms with van der Waals surface area (Å²) >= 11 is 0. The summed E-state index contributed by atoms with van der Waals surface area (Å²) in [6, 6.07) is 7.50. The highest BCUT2D eigenvalue weighted by atomic mass is 16.5. The van der Waals surface area contributed by atoms with Crippen LogP contribution >= 0.6 is 0 Å². The van der Waals surface area contributed by atoms with Crippen LogP contribution in [0.15, 0.2) is 30.3 Å². The molecule has 0 fully saturated rings. The third-order valence-electron chi connectivity index (χ3n) is 2.17. The van der Waals surface area contributed by atoms with Gasteiger partial charge in [-0.05, 0) is 44.5 Å². The number of hydrogen-bond acceptors (Lipinski definition) is 3. The minimum atomic E-state index is -0.449. The Morgan fingerprint density at radius 3 is 2.21 bits per heavy atom. The third-order valence-corrected chi connectivity index (χ3v) is 2.17. The fourth-order valence-electron chi connectivity index (χ4n) is 1.13. The molecular formula is C16H25NO2. The third kappa shape index (κ3) is 7.29. The lowest BCUT2D eigenvalue weighted by atomic mass is 9.97. The largest absolute Gasteiger partial charge is 0.461 e. The van der Waals surface area contributed by atoms with Crippen LogP contribution in [0, 0.1) is 5.41 Å². The van der Waals surface area contributed by atoms with E-state index >= 15 is 0 Å². The highest BCUT2D eigenvalue weighted by Crippen LogP contribution is 2.15. The Balaban J connectivity index is 0.00000154. The number of nitrogens with two attached hydrogens (primary N) is 1. The molecule has 0 aliphatic rings. The van der Waals surface area contributed by atoms with Gasteiger partial charge in [-0.3, -0.25) is 4.79 Å². The minimum absolute atomic E-state index is 0.195. The average molecular weight is 263 g/mol. The monoisotopic (exact) mass is 263 g/mol. The number of rotatable bonds is 3. The number of esters is 1. The van der Waals surface area contributed by atoms with Gasteiger partial charge in [0.15, 0.2) is 0 Å². The van der Waals surface area contributed by atoms with Crippen LogP contribution in [0.5, 0.6) is 0 Å². The predicted molar refractivity (Wildman–Crippen MR) is 81.7 cm³/mol. The Kier molecular flexibility index (Phi) is 7.57. The maximum absolute atomic E-state index is 11.4. The average Bonchev–Trinajstić information content (AvgIpc) is 2.38. The SMILES string of the molecule is CC.CC(C)(C)C(=O)OC/C=C/c1ccc(N)cc1. The van der Waals surface area contributed by atoms with Crippen LogP contribution < -0.4 is 5.73 Å². The van der Waals surface area contributed by atoms with Gasteiger partial charge in [0.25, 0.3) is 0 Å². The topological polar surface area (TPSA) is 52.3 Å². The normalized spacial score (nSPS) is 10.8. The Labute approximate surface area is 116 Å². The summed E-state index contributed by atoms with van der Waals surface area (Å²) in [5.74, 6) is -0.195. The minimum Gasteiger partial charge on any atom is -0.461 e. The maximum Gasteiger partial charge on any atom is 0.311 e. The van der Waals surface area contributed by atoms with Crippen molar-refractivity contribution in [1.82, 2.24) is 0 Å². The van der Waals surface area contributed by atoms with Gasteiger partial charge in [0, 0.05) is 5.69 Å². The molecule has 0 bridgehead atoms. The Bertz CT molecular complexity index is 400. The van der Waals surface area contributed by atoms with Gasteiger partial charge in [-0.1, -0.05) is 32.1 Å². The summed E-state index contributed by atoms with van der Waals surface area (Å²) < 4.78 is 5.10. The quantitative estimate of drug-likeness (QED) is 0.664. The van der Waals surface area contributed by atoms with E-state index in [9.17, 15) is 4.79 Å². The van der Waals surface area contributed by atoms with E-state index in [0.29, 0.717) is 6.61 Å². The molecule has 2 N–H and O–H groups in total. The number of nitrogen functional groups attached to an aromatic ring is 1. The van der Waals surface area contributed by atoms with Gasteiger partial charge in [0.2, 0.25) is 0 Å². The first-order chi connectivity index (χ1) is 8.89. The molecule has 0 aromatic heterocycles. The molecule has 0 radical (unpaired) electrons. The van der Waals surface area contributed by atoms with Crippen molar-refractivity contribution < 1.29 is 9.53 Å². The number of benzene rings is 1. The molecular weight excluding hydrogens is 238 g/mol. The van der Waals surface area contributed by atoms with E-state index in [1.54, 1.807) is 0 Å². The summed E-state index contributed by atoms with van der Waals surface area (Å²) in [5.41, 5.74) is 6.90. The van der Waals surface area contributed by atoms with Crippen molar-refractivity contribution in [2.45, 2.75) is 34.6 Å². The number of hydrogen-bond donors (Lipinski definition) is 1. The van der Waals surface area contributed by atoms with E-state index in [4.69, 9.17) is 10.5 Å². The lowest BCUT2D eigenvalue weighted by Gasteiger charge is -2.15. The van der Waals surface area contributed by atoms with E-state index in [-0.39, 0.29) is 5.97 Å². The highest BCUT2D eigenvalue weighted by molar-refractivity contribution is 5.75. The van der Waals surface area contributed by atoms with Crippen LogP contribution in [-0.2, 0) is 9.53 Å². The van der Waals surface area contributed by atoms with Gasteiger partial charge in [-0.15, -0.1) is 0 Å². The van der Waals surface area contributed by atoms with E-state index in [0.717, 1.165) is 11.3 Å². The fourth-order valence-corrected chi connectivity index (χ4v) is 1.13. The molecule has 1 aromatic carbocycles. The molecule has 3 nitrogen and oxygen atoms in total. The zero-order valence-electron chi connectivity index (χ0n) is 12.6. The molecule has 0 heterocycles. The number of ether oxygens (including phenoxy) is 1. The second kappa shape index (κ2) is 8.35. The van der Waals surface area contributed by atoms with E-state index in [2.05, 4.69) is 0 Å². The van der Waals surface area contributed by atoms with Crippen molar-refractivity contribution in [3.05, 3.63) is 35.9 Å². The molecule has 0 unspecified atom stereocenters. The molecule has 0 atom stereocenters. The lowest BCUT2D eigenvalue weighted by molar-refractivity contribution is -0.151. The molecule has 0 aliphatic heterocycles. The summed E-state index contributed by atoms with van der Waals surface area (Å²) in [6.07, 6.45) is 3.71. The number of anilines is 1. The number of carbonyl (C=O) groups is 1. The van der Waals surface area contributed by atoms with E-state index in [1.807, 2.05) is 71.0 Å². The molecule has 1 rings (SSSR count). The smallest absolute Gasteiger partial charge is 0.311 e. The van der Waals surface area contributed by atoms with Gasteiger partial charge in [-0.25, -0.2) is 0 Å². The first-order valence-corrected chi connectivity index (χ1v) is 6.59. The summed E-state index contributed by atoms with van der Waals surface area (Å²) in [4.78, 5) is 11.4. The van der Waals surface area contributed by atoms with Crippen LogP contribution in [0.4, 0.5) is 5.69 Å². The van der Waals surface area contributed by atoms with Gasteiger partial charge in [0.1, 0.15) is 6.61 Å². The first-order valence-electron chi connectivity index (χ1n) is 6.59. The Morgan fingerprint density at radius 2 is 1.74 bits per heavy atom. The van der Waals surface area contributed by atoms with Crippen molar-refractivity contribution in [1.29, 1.82) is 0 Å². The highest BCUT2D eigenvalue weighted by Gasteiger charge is 2.22. The van der Waals surface area contributed by atoms with E-state index in [1.165, 1.54) is 0 Å². The second-order valence-corrected chi connectivity index (χ2v) is 4.92. The standard InChI is InChI=1S/C14H19NO2.C2H6/c1-14(2,3)13(16)17-10-4-5-11-6-8-12(15)9-7-11;1-2/h4-9H,10,15H2,1-3H3;1-2H3/b5-4+;. The summed E-state index contributed by atoms with van der Waals surface area (Å²) in [6.45, 7) is 9.79. The van der Waals surface area contributed by atoms with Crippen molar-refractivity contribution in [2.24, 2.45) is 5.41 Å². The Morgan fingerprint density at radius 1 is 1.21 bits per heavy atom. The second-order valence-electron chi connectivity index (χ2n) is 4.92. The zero-order chi connectivity index (χ0) is 14.9. The van der Waals surface area contributed by atoms with Crippen molar-refractivity contribution in [2.75, 3.05) is 12.3 Å². The zero-order valence-corrected chi connectivity index (χ0v) is 12.6. The maximum atomic E-state index is 11.4. The fraction of sp³-hybridized carbons (Fsp3) is 0.438. The van der Waals surface area contributed by atoms with E-state index < -0.39 is 5.41 Å². The van der Waals surface area contributed by atoms with Crippen molar-refractivity contribution >= 4 is 17.7 Å². The molecule has 0 saturated carbocycles. The number of carbonyl (C=O) groups excluding carboxylic acids is 1. The molecule has 1 aromatic rings. The molecule has 106 valence electrons. The molecule has 3 heteroatoms. The van der Waals surface area contributed by atoms with Gasteiger partial charge >= 0.3 is 5.97 Å².